The van der Waals surface area contributed by atoms with Crippen LogP contribution < -0.4 is 0 Å². The van der Waals surface area contributed by atoms with Crippen LogP contribution in [0, 0.1) is 12.8 Å². The minimum Gasteiger partial charge on any atom is -0.481 e. The average molecular weight is 316 g/mol. The number of carboxylic acid groups (broad SMARTS) is 1. The molecule has 3 rings (SSSR count). The number of rotatable bonds is 3. The molecule has 1 saturated heterocycles. The second-order valence-corrected chi connectivity index (χ2v) is 6.11. The highest BCUT2D eigenvalue weighted by atomic mass is 32.1. The topological polar surface area (TPSA) is 70.5 Å². The maximum atomic E-state index is 12.6. The van der Waals surface area contributed by atoms with E-state index in [1.54, 1.807) is 17.2 Å². The molecule has 1 fully saturated rings. The number of carboxylic acids is 1. The van der Waals surface area contributed by atoms with Crippen LogP contribution in [-0.4, -0.2) is 39.3 Å². The number of hydrogen-bond donors (Lipinski definition) is 1. The van der Waals surface area contributed by atoms with Gasteiger partial charge in [-0.25, -0.2) is 0 Å². The molecule has 2 atom stereocenters. The average Bonchev–Trinajstić information content (AvgIpc) is 3.14. The lowest BCUT2D eigenvalue weighted by molar-refractivity contribution is -0.141. The Labute approximate surface area is 132 Å². The van der Waals surface area contributed by atoms with Gasteiger partial charge in [0.05, 0.1) is 17.2 Å². The smallest absolute Gasteiger partial charge is 0.308 e. The fraction of sp³-hybridized carbons (Fsp3) is 0.312. The van der Waals surface area contributed by atoms with Crippen molar-refractivity contribution in [2.75, 3.05) is 13.1 Å². The zero-order chi connectivity index (χ0) is 15.7. The SMILES string of the molecule is Cc1nscc1C(=O)N1CC(C(=O)O)C(c2ccccc2)C1. The molecule has 1 aliphatic heterocycles. The third-order valence-corrected chi connectivity index (χ3v) is 4.85. The molecule has 1 aliphatic rings. The molecule has 114 valence electrons. The van der Waals surface area contributed by atoms with E-state index < -0.39 is 11.9 Å². The van der Waals surface area contributed by atoms with Gasteiger partial charge < -0.3 is 10.0 Å². The van der Waals surface area contributed by atoms with Gasteiger partial charge in [-0.3, -0.25) is 9.59 Å². The summed E-state index contributed by atoms with van der Waals surface area (Å²) in [6.45, 7) is 2.46. The van der Waals surface area contributed by atoms with Crippen molar-refractivity contribution in [2.24, 2.45) is 5.92 Å². The maximum Gasteiger partial charge on any atom is 0.308 e. The van der Waals surface area contributed by atoms with E-state index in [1.807, 2.05) is 30.3 Å². The first-order chi connectivity index (χ1) is 10.6. The lowest BCUT2D eigenvalue weighted by Crippen LogP contribution is -2.30. The molecular weight excluding hydrogens is 300 g/mol. The van der Waals surface area contributed by atoms with Crippen LogP contribution in [0.15, 0.2) is 35.7 Å². The van der Waals surface area contributed by atoms with Gasteiger partial charge in [-0.2, -0.15) is 4.37 Å². The predicted octanol–water partition coefficient (Wildman–Crippen LogP) is 2.39. The number of aromatic nitrogens is 1. The fourth-order valence-corrected chi connectivity index (χ4v) is 3.61. The molecule has 0 aliphatic carbocycles. The third kappa shape index (κ3) is 2.62. The first-order valence-electron chi connectivity index (χ1n) is 7.06. The fourth-order valence-electron chi connectivity index (χ4n) is 2.93. The summed E-state index contributed by atoms with van der Waals surface area (Å²) in [6, 6.07) is 9.53. The van der Waals surface area contributed by atoms with Gasteiger partial charge in [0.2, 0.25) is 0 Å². The van der Waals surface area contributed by atoms with E-state index in [-0.39, 0.29) is 18.4 Å². The van der Waals surface area contributed by atoms with E-state index in [0.717, 1.165) is 5.56 Å². The summed E-state index contributed by atoms with van der Waals surface area (Å²) < 4.78 is 4.12. The summed E-state index contributed by atoms with van der Waals surface area (Å²) in [5, 5.41) is 11.2. The Balaban J connectivity index is 1.86. The molecule has 1 aromatic carbocycles. The molecule has 0 spiro atoms. The van der Waals surface area contributed by atoms with Gasteiger partial charge in [0.1, 0.15) is 0 Å². The van der Waals surface area contributed by atoms with E-state index >= 15 is 0 Å². The first kappa shape index (κ1) is 14.7. The molecule has 2 unspecified atom stereocenters. The summed E-state index contributed by atoms with van der Waals surface area (Å²) >= 11 is 1.24. The number of amides is 1. The van der Waals surface area contributed by atoms with Gasteiger partial charge in [0.15, 0.2) is 0 Å². The molecule has 2 heterocycles. The van der Waals surface area contributed by atoms with E-state index in [1.165, 1.54) is 11.5 Å². The van der Waals surface area contributed by atoms with Gasteiger partial charge in [0.25, 0.3) is 5.91 Å². The lowest BCUT2D eigenvalue weighted by atomic mass is 9.89. The molecule has 6 heteroatoms. The Morgan fingerprint density at radius 2 is 2.00 bits per heavy atom. The van der Waals surface area contributed by atoms with E-state index in [4.69, 9.17) is 0 Å². The van der Waals surface area contributed by atoms with Crippen molar-refractivity contribution < 1.29 is 14.7 Å². The number of aryl methyl sites for hydroxylation is 1. The first-order valence-corrected chi connectivity index (χ1v) is 7.89. The highest BCUT2D eigenvalue weighted by molar-refractivity contribution is 7.03. The summed E-state index contributed by atoms with van der Waals surface area (Å²) in [5.41, 5.74) is 2.23. The molecule has 1 aromatic heterocycles. The van der Waals surface area contributed by atoms with Gasteiger partial charge in [-0.05, 0) is 24.0 Å². The van der Waals surface area contributed by atoms with Crippen LogP contribution in [0.1, 0.15) is 27.5 Å². The number of likely N-dealkylation sites (tertiary alicyclic amines) is 1. The lowest BCUT2D eigenvalue weighted by Gasteiger charge is -2.16. The van der Waals surface area contributed by atoms with Gasteiger partial charge in [0, 0.05) is 24.4 Å². The molecule has 22 heavy (non-hydrogen) atoms. The van der Waals surface area contributed by atoms with Crippen molar-refractivity contribution in [3.8, 4) is 0 Å². The number of carbonyl (C=O) groups excluding carboxylic acids is 1. The Morgan fingerprint density at radius 1 is 1.27 bits per heavy atom. The maximum absolute atomic E-state index is 12.6. The molecule has 0 bridgehead atoms. The van der Waals surface area contributed by atoms with Crippen LogP contribution >= 0.6 is 11.5 Å². The van der Waals surface area contributed by atoms with Crippen molar-refractivity contribution in [1.82, 2.24) is 9.27 Å². The van der Waals surface area contributed by atoms with Crippen molar-refractivity contribution in [1.29, 1.82) is 0 Å². The van der Waals surface area contributed by atoms with Crippen LogP contribution in [0.2, 0.25) is 0 Å². The summed E-state index contributed by atoms with van der Waals surface area (Å²) in [4.78, 5) is 25.8. The number of aliphatic carboxylic acids is 1. The standard InChI is InChI=1S/C16H16N2O3S/c1-10-14(9-22-17-10)15(19)18-7-12(13(8-18)16(20)21)11-5-3-2-4-6-11/h2-6,9,12-13H,7-8H2,1H3,(H,20,21). The Kier molecular flexibility index (Phi) is 3.94. The van der Waals surface area contributed by atoms with Crippen LogP contribution in [0.4, 0.5) is 0 Å². The Bertz CT molecular complexity index is 698. The van der Waals surface area contributed by atoms with E-state index in [0.29, 0.717) is 17.8 Å². The molecule has 2 aromatic rings. The number of benzene rings is 1. The molecule has 5 nitrogen and oxygen atoms in total. The molecule has 1 amide bonds. The van der Waals surface area contributed by atoms with E-state index in [9.17, 15) is 14.7 Å². The number of carbonyl (C=O) groups is 2. The van der Waals surface area contributed by atoms with Crippen LogP contribution in [0.25, 0.3) is 0 Å². The van der Waals surface area contributed by atoms with Gasteiger partial charge in [-0.15, -0.1) is 0 Å². The molecule has 0 saturated carbocycles. The zero-order valence-corrected chi connectivity index (χ0v) is 12.9. The minimum absolute atomic E-state index is 0.129. The van der Waals surface area contributed by atoms with Crippen molar-refractivity contribution in [3.63, 3.8) is 0 Å². The quantitative estimate of drug-likeness (QED) is 0.944. The van der Waals surface area contributed by atoms with Crippen LogP contribution in [0.3, 0.4) is 0 Å². The number of hydrogen-bond acceptors (Lipinski definition) is 4. The third-order valence-electron chi connectivity index (χ3n) is 4.13. The number of nitrogens with zero attached hydrogens (tertiary/aromatic N) is 2. The molecular formula is C16H16N2O3S. The highest BCUT2D eigenvalue weighted by Crippen LogP contribution is 2.33. The Morgan fingerprint density at radius 3 is 2.59 bits per heavy atom. The van der Waals surface area contributed by atoms with Crippen molar-refractivity contribution in [2.45, 2.75) is 12.8 Å². The molecule has 1 N–H and O–H groups in total. The predicted molar refractivity (Wildman–Crippen MR) is 83.1 cm³/mol. The minimum atomic E-state index is -0.857. The van der Waals surface area contributed by atoms with Gasteiger partial charge >= 0.3 is 5.97 Å². The summed E-state index contributed by atoms with van der Waals surface area (Å²) in [5.74, 6) is -1.73. The van der Waals surface area contributed by atoms with Crippen molar-refractivity contribution in [3.05, 3.63) is 52.5 Å². The Hall–Kier alpha value is -2.21. The monoisotopic (exact) mass is 316 g/mol. The normalized spacial score (nSPS) is 21.0. The molecule has 0 radical (unpaired) electrons. The van der Waals surface area contributed by atoms with Crippen LogP contribution in [0.5, 0.6) is 0 Å². The largest absolute Gasteiger partial charge is 0.481 e. The second kappa shape index (κ2) is 5.88. The highest BCUT2D eigenvalue weighted by Gasteiger charge is 2.40. The van der Waals surface area contributed by atoms with Gasteiger partial charge in [-0.1, -0.05) is 30.3 Å². The van der Waals surface area contributed by atoms with Crippen LogP contribution in [-0.2, 0) is 4.79 Å². The van der Waals surface area contributed by atoms with E-state index in [2.05, 4.69) is 4.37 Å². The summed E-state index contributed by atoms with van der Waals surface area (Å²) in [6.07, 6.45) is 0. The summed E-state index contributed by atoms with van der Waals surface area (Å²) in [7, 11) is 0. The van der Waals surface area contributed by atoms with Crippen molar-refractivity contribution >= 4 is 23.4 Å². The zero-order valence-electron chi connectivity index (χ0n) is 12.1. The second-order valence-electron chi connectivity index (χ2n) is 5.49.